The largest absolute Gasteiger partial charge is 0.465 e. The van der Waals surface area contributed by atoms with E-state index in [4.69, 9.17) is 0 Å². The first-order valence-corrected chi connectivity index (χ1v) is 6.68. The molecule has 0 aliphatic carbocycles. The fraction of sp³-hybridized carbons (Fsp3) is 0.400. The van der Waals surface area contributed by atoms with Crippen LogP contribution in [0.5, 0.6) is 0 Å². The van der Waals surface area contributed by atoms with E-state index in [-0.39, 0.29) is 12.3 Å². The van der Waals surface area contributed by atoms with Crippen molar-refractivity contribution in [2.45, 2.75) is 26.0 Å². The number of amides is 1. The molecule has 1 aliphatic heterocycles. The third-order valence-electron chi connectivity index (χ3n) is 3.40. The van der Waals surface area contributed by atoms with Gasteiger partial charge in [-0.05, 0) is 18.1 Å². The Bertz CT molecular complexity index is 583. The van der Waals surface area contributed by atoms with Crippen LogP contribution in [0.1, 0.15) is 30.6 Å². The van der Waals surface area contributed by atoms with Crippen molar-refractivity contribution in [3.05, 3.63) is 35.9 Å². The summed E-state index contributed by atoms with van der Waals surface area (Å²) in [4.78, 5) is 24.4. The molecule has 0 saturated heterocycles. The van der Waals surface area contributed by atoms with E-state index in [9.17, 15) is 14.7 Å². The Morgan fingerprint density at radius 3 is 2.48 bits per heavy atom. The lowest BCUT2D eigenvalue weighted by molar-refractivity contribution is -0.176. The zero-order valence-corrected chi connectivity index (χ0v) is 12.2. The molecule has 1 heterocycles. The van der Waals surface area contributed by atoms with Crippen LogP contribution in [0.2, 0.25) is 0 Å². The number of carbonyl (C=O) groups is 2. The summed E-state index contributed by atoms with van der Waals surface area (Å²) in [5, 5.41) is 15.5. The van der Waals surface area contributed by atoms with E-state index in [1.165, 1.54) is 7.11 Å². The van der Waals surface area contributed by atoms with Gasteiger partial charge in [-0.3, -0.25) is 4.79 Å². The van der Waals surface area contributed by atoms with Crippen LogP contribution < -0.4 is 0 Å². The highest BCUT2D eigenvalue weighted by Crippen LogP contribution is 2.30. The summed E-state index contributed by atoms with van der Waals surface area (Å²) >= 11 is 0. The number of aliphatic hydroxyl groups is 1. The molecule has 6 nitrogen and oxygen atoms in total. The molecule has 6 heteroatoms. The highest BCUT2D eigenvalue weighted by Gasteiger charge is 2.52. The van der Waals surface area contributed by atoms with E-state index < -0.39 is 17.6 Å². The number of hydrazone groups is 1. The zero-order valence-electron chi connectivity index (χ0n) is 12.2. The van der Waals surface area contributed by atoms with Gasteiger partial charge in [0, 0.05) is 17.7 Å². The molecule has 1 aromatic carbocycles. The lowest BCUT2D eigenvalue weighted by Crippen LogP contribution is -2.52. The van der Waals surface area contributed by atoms with E-state index in [1.54, 1.807) is 30.3 Å². The van der Waals surface area contributed by atoms with Crippen LogP contribution in [0.4, 0.5) is 0 Å². The van der Waals surface area contributed by atoms with Gasteiger partial charge in [0.1, 0.15) is 0 Å². The summed E-state index contributed by atoms with van der Waals surface area (Å²) in [6, 6.07) is 8.38. The maximum absolute atomic E-state index is 12.5. The minimum Gasteiger partial charge on any atom is -0.465 e. The molecule has 0 unspecified atom stereocenters. The Hall–Kier alpha value is -2.21. The maximum atomic E-state index is 12.5. The van der Waals surface area contributed by atoms with Crippen molar-refractivity contribution in [2.24, 2.45) is 11.0 Å². The zero-order chi connectivity index (χ0) is 15.6. The Kier molecular flexibility index (Phi) is 4.09. The van der Waals surface area contributed by atoms with Crippen molar-refractivity contribution in [3.8, 4) is 0 Å². The molecule has 0 spiro atoms. The number of carbonyl (C=O) groups excluding carboxylic acids is 2. The van der Waals surface area contributed by atoms with Crippen LogP contribution >= 0.6 is 0 Å². The molecule has 0 radical (unpaired) electrons. The van der Waals surface area contributed by atoms with Crippen LogP contribution in [0, 0.1) is 5.92 Å². The molecule has 1 amide bonds. The topological polar surface area (TPSA) is 79.2 Å². The number of ether oxygens (including phenoxy) is 1. The molecule has 0 aromatic heterocycles. The smallest absolute Gasteiger partial charge is 0.361 e. The first-order chi connectivity index (χ1) is 9.90. The van der Waals surface area contributed by atoms with Crippen molar-refractivity contribution in [2.75, 3.05) is 7.11 Å². The lowest BCUT2D eigenvalue weighted by atomic mass is 9.99. The molecule has 1 aromatic rings. The van der Waals surface area contributed by atoms with Gasteiger partial charge in [0.05, 0.1) is 7.11 Å². The monoisotopic (exact) mass is 290 g/mol. The Labute approximate surface area is 123 Å². The first-order valence-electron chi connectivity index (χ1n) is 6.68. The van der Waals surface area contributed by atoms with Gasteiger partial charge in [-0.25, -0.2) is 4.79 Å². The first kappa shape index (κ1) is 15.2. The predicted molar refractivity (Wildman–Crippen MR) is 76.5 cm³/mol. The summed E-state index contributed by atoms with van der Waals surface area (Å²) in [5.74, 6) is -1.43. The fourth-order valence-electron chi connectivity index (χ4n) is 2.13. The van der Waals surface area contributed by atoms with Crippen LogP contribution in [0.25, 0.3) is 0 Å². The predicted octanol–water partition coefficient (Wildman–Crippen LogP) is 1.41. The van der Waals surface area contributed by atoms with Gasteiger partial charge in [-0.15, -0.1) is 0 Å². The molecule has 1 aliphatic rings. The van der Waals surface area contributed by atoms with Crippen molar-refractivity contribution in [3.63, 3.8) is 0 Å². The minimum absolute atomic E-state index is 0.00903. The van der Waals surface area contributed by atoms with Gasteiger partial charge in [0.15, 0.2) is 0 Å². The summed E-state index contributed by atoms with van der Waals surface area (Å²) in [7, 11) is 1.17. The molecular weight excluding hydrogens is 272 g/mol. The van der Waals surface area contributed by atoms with Crippen LogP contribution in [0.15, 0.2) is 35.4 Å². The van der Waals surface area contributed by atoms with Crippen LogP contribution in [-0.4, -0.2) is 40.5 Å². The summed E-state index contributed by atoms with van der Waals surface area (Å²) in [6.07, 6.45) is -0.0457. The molecule has 0 saturated carbocycles. The second-order valence-electron chi connectivity index (χ2n) is 5.21. The number of methoxy groups -OCH3 is 1. The maximum Gasteiger partial charge on any atom is 0.361 e. The van der Waals surface area contributed by atoms with E-state index in [2.05, 4.69) is 9.84 Å². The van der Waals surface area contributed by atoms with Gasteiger partial charge in [-0.2, -0.15) is 10.1 Å². The van der Waals surface area contributed by atoms with Crippen molar-refractivity contribution in [1.82, 2.24) is 5.01 Å². The van der Waals surface area contributed by atoms with Gasteiger partial charge in [0.25, 0.3) is 11.6 Å². The highest BCUT2D eigenvalue weighted by molar-refractivity contribution is 6.03. The summed E-state index contributed by atoms with van der Waals surface area (Å²) in [5.41, 5.74) is -1.16. The van der Waals surface area contributed by atoms with Gasteiger partial charge < -0.3 is 9.84 Å². The molecule has 2 rings (SSSR count). The lowest BCUT2D eigenvalue weighted by Gasteiger charge is -2.28. The molecule has 112 valence electrons. The molecular formula is C15H18N2O4. The molecule has 21 heavy (non-hydrogen) atoms. The Balaban J connectivity index is 2.41. The average molecular weight is 290 g/mol. The number of benzene rings is 1. The summed E-state index contributed by atoms with van der Waals surface area (Å²) < 4.78 is 4.63. The normalized spacial score (nSPS) is 21.4. The number of hydrogen-bond acceptors (Lipinski definition) is 5. The second-order valence-corrected chi connectivity index (χ2v) is 5.21. The second kappa shape index (κ2) is 5.65. The average Bonchev–Trinajstić information content (AvgIpc) is 2.86. The molecule has 1 atom stereocenters. The van der Waals surface area contributed by atoms with Crippen molar-refractivity contribution >= 4 is 17.6 Å². The van der Waals surface area contributed by atoms with Crippen molar-refractivity contribution in [1.29, 1.82) is 0 Å². The standard InChI is InChI=1S/C15H18N2O4/c1-10(2)12-9-15(20,14(19)21-3)17(16-12)13(18)11-7-5-4-6-8-11/h4-8,10,20H,9H2,1-3H3/t15-/m0/s1. The van der Waals surface area contributed by atoms with Crippen LogP contribution in [0.3, 0.4) is 0 Å². The van der Waals surface area contributed by atoms with Gasteiger partial charge >= 0.3 is 5.97 Å². The quantitative estimate of drug-likeness (QED) is 0.854. The molecule has 0 fully saturated rings. The van der Waals surface area contributed by atoms with E-state index in [0.717, 1.165) is 5.01 Å². The fourth-order valence-corrected chi connectivity index (χ4v) is 2.13. The SMILES string of the molecule is COC(=O)[C@@]1(O)CC(C(C)C)=NN1C(=O)c1ccccc1. The van der Waals surface area contributed by atoms with Crippen LogP contribution in [-0.2, 0) is 9.53 Å². The number of nitrogens with zero attached hydrogens (tertiary/aromatic N) is 2. The Morgan fingerprint density at radius 1 is 1.33 bits per heavy atom. The van der Waals surface area contributed by atoms with Crippen molar-refractivity contribution < 1.29 is 19.4 Å². The summed E-state index contributed by atoms with van der Waals surface area (Å²) in [6.45, 7) is 3.76. The minimum atomic E-state index is -2.08. The van der Waals surface area contributed by atoms with E-state index >= 15 is 0 Å². The van der Waals surface area contributed by atoms with E-state index in [0.29, 0.717) is 11.3 Å². The number of rotatable bonds is 3. The molecule has 0 bridgehead atoms. The highest BCUT2D eigenvalue weighted by atomic mass is 16.5. The Morgan fingerprint density at radius 2 is 1.95 bits per heavy atom. The van der Waals surface area contributed by atoms with E-state index in [1.807, 2.05) is 13.8 Å². The van der Waals surface area contributed by atoms with Gasteiger partial charge in [0.2, 0.25) is 0 Å². The number of esters is 1. The molecule has 1 N–H and O–H groups in total. The third-order valence-corrected chi connectivity index (χ3v) is 3.40. The number of hydrogen-bond donors (Lipinski definition) is 1. The third kappa shape index (κ3) is 2.67. The van der Waals surface area contributed by atoms with Gasteiger partial charge in [-0.1, -0.05) is 32.0 Å².